The van der Waals surface area contributed by atoms with E-state index >= 15 is 0 Å². The summed E-state index contributed by atoms with van der Waals surface area (Å²) in [5, 5.41) is 0. The highest BCUT2D eigenvalue weighted by molar-refractivity contribution is 5.14. The van der Waals surface area contributed by atoms with Crippen LogP contribution in [0.15, 0.2) is 11.6 Å². The van der Waals surface area contributed by atoms with Crippen molar-refractivity contribution in [3.63, 3.8) is 0 Å². The Balaban J connectivity index is 2.68. The standard InChI is InChI=1S/C9H15/c1-8-5-4-6-9(2,3)7-8/h6-7H,4-5H2,1-3H3. The van der Waals surface area contributed by atoms with Gasteiger partial charge in [0.1, 0.15) is 0 Å². The van der Waals surface area contributed by atoms with Gasteiger partial charge in [-0.25, -0.2) is 0 Å². The molecule has 0 aliphatic heterocycles. The fraction of sp³-hybridized carbons (Fsp3) is 0.667. The SMILES string of the molecule is CC1=CC(C)(C)[CH]CC1. The van der Waals surface area contributed by atoms with Crippen LogP contribution in [-0.4, -0.2) is 0 Å². The Morgan fingerprint density at radius 2 is 2.11 bits per heavy atom. The van der Waals surface area contributed by atoms with Gasteiger partial charge in [0.05, 0.1) is 0 Å². The Morgan fingerprint density at radius 3 is 2.44 bits per heavy atom. The van der Waals surface area contributed by atoms with Crippen molar-refractivity contribution < 1.29 is 0 Å². The molecule has 0 nitrogen and oxygen atoms in total. The van der Waals surface area contributed by atoms with Crippen molar-refractivity contribution in [2.45, 2.75) is 33.6 Å². The summed E-state index contributed by atoms with van der Waals surface area (Å²) in [5.41, 5.74) is 1.91. The molecule has 9 heavy (non-hydrogen) atoms. The molecule has 0 spiro atoms. The van der Waals surface area contributed by atoms with Crippen LogP contribution < -0.4 is 0 Å². The molecular formula is C9H15. The summed E-state index contributed by atoms with van der Waals surface area (Å²) in [4.78, 5) is 0. The summed E-state index contributed by atoms with van der Waals surface area (Å²) in [6.07, 6.45) is 7.27. The first-order valence-electron chi connectivity index (χ1n) is 3.63. The van der Waals surface area contributed by atoms with Gasteiger partial charge in [0.15, 0.2) is 0 Å². The molecule has 0 unspecified atom stereocenters. The van der Waals surface area contributed by atoms with Crippen LogP contribution in [0.2, 0.25) is 0 Å². The maximum Gasteiger partial charge on any atom is -0.0141 e. The van der Waals surface area contributed by atoms with Gasteiger partial charge in [0, 0.05) is 0 Å². The van der Waals surface area contributed by atoms with Gasteiger partial charge in [0.2, 0.25) is 0 Å². The van der Waals surface area contributed by atoms with Crippen molar-refractivity contribution in [2.75, 3.05) is 0 Å². The van der Waals surface area contributed by atoms with Crippen LogP contribution in [0.1, 0.15) is 33.6 Å². The number of allylic oxidation sites excluding steroid dienone is 2. The van der Waals surface area contributed by atoms with Crippen molar-refractivity contribution in [2.24, 2.45) is 5.41 Å². The third-order valence-corrected chi connectivity index (χ3v) is 1.83. The van der Waals surface area contributed by atoms with E-state index in [1.54, 1.807) is 5.57 Å². The predicted octanol–water partition coefficient (Wildman–Crippen LogP) is 2.96. The molecule has 1 aliphatic rings. The fourth-order valence-electron chi connectivity index (χ4n) is 1.44. The number of rotatable bonds is 0. The van der Waals surface area contributed by atoms with Crippen LogP contribution in [-0.2, 0) is 0 Å². The van der Waals surface area contributed by atoms with Crippen LogP contribution in [0, 0.1) is 11.8 Å². The summed E-state index contributed by atoms with van der Waals surface area (Å²) in [6.45, 7) is 6.74. The van der Waals surface area contributed by atoms with E-state index in [9.17, 15) is 0 Å². The lowest BCUT2D eigenvalue weighted by molar-refractivity contribution is 0.513. The van der Waals surface area contributed by atoms with Crippen LogP contribution >= 0.6 is 0 Å². The summed E-state index contributed by atoms with van der Waals surface area (Å²) in [6, 6.07) is 0. The molecule has 0 heterocycles. The molecule has 0 N–H and O–H groups in total. The summed E-state index contributed by atoms with van der Waals surface area (Å²) < 4.78 is 0. The molecule has 0 aromatic heterocycles. The second-order valence-electron chi connectivity index (χ2n) is 3.55. The molecule has 0 aromatic rings. The van der Waals surface area contributed by atoms with E-state index in [2.05, 4.69) is 33.3 Å². The average Bonchev–Trinajstić information content (AvgIpc) is 1.60. The lowest BCUT2D eigenvalue weighted by Crippen LogP contribution is -2.12. The number of hydrogen-bond acceptors (Lipinski definition) is 0. The lowest BCUT2D eigenvalue weighted by Gasteiger charge is -2.25. The predicted molar refractivity (Wildman–Crippen MR) is 41.1 cm³/mol. The maximum atomic E-state index is 2.39. The first kappa shape index (κ1) is 6.85. The van der Waals surface area contributed by atoms with E-state index in [1.165, 1.54) is 12.8 Å². The van der Waals surface area contributed by atoms with Crippen molar-refractivity contribution >= 4 is 0 Å². The Labute approximate surface area is 58.0 Å². The highest BCUT2D eigenvalue weighted by atomic mass is 14.2. The third kappa shape index (κ3) is 1.85. The first-order valence-corrected chi connectivity index (χ1v) is 3.63. The minimum absolute atomic E-state index is 0.363. The molecule has 1 radical (unpaired) electrons. The Bertz CT molecular complexity index is 129. The molecule has 0 heteroatoms. The molecule has 1 rings (SSSR count). The topological polar surface area (TPSA) is 0 Å². The maximum absolute atomic E-state index is 2.39. The highest BCUT2D eigenvalue weighted by Gasteiger charge is 2.18. The summed E-state index contributed by atoms with van der Waals surface area (Å²) in [5.74, 6) is 0. The van der Waals surface area contributed by atoms with Gasteiger partial charge in [0.25, 0.3) is 0 Å². The molecule has 0 saturated carbocycles. The van der Waals surface area contributed by atoms with Crippen LogP contribution in [0.3, 0.4) is 0 Å². The van der Waals surface area contributed by atoms with E-state index < -0.39 is 0 Å². The molecule has 0 fully saturated rings. The second kappa shape index (κ2) is 2.17. The quantitative estimate of drug-likeness (QED) is 0.434. The minimum atomic E-state index is 0.363. The molecule has 0 atom stereocenters. The minimum Gasteiger partial charge on any atom is -0.0796 e. The smallest absolute Gasteiger partial charge is 0.0141 e. The molecule has 0 bridgehead atoms. The van der Waals surface area contributed by atoms with Crippen molar-refractivity contribution in [3.8, 4) is 0 Å². The molecule has 0 aromatic carbocycles. The van der Waals surface area contributed by atoms with Gasteiger partial charge in [-0.1, -0.05) is 25.5 Å². The van der Waals surface area contributed by atoms with Gasteiger partial charge in [-0.3, -0.25) is 0 Å². The van der Waals surface area contributed by atoms with E-state index in [0.29, 0.717) is 5.41 Å². The van der Waals surface area contributed by atoms with Gasteiger partial charge < -0.3 is 0 Å². The molecule has 51 valence electrons. The monoisotopic (exact) mass is 123 g/mol. The highest BCUT2D eigenvalue weighted by Crippen LogP contribution is 2.31. The van der Waals surface area contributed by atoms with Crippen molar-refractivity contribution in [3.05, 3.63) is 18.1 Å². The second-order valence-corrected chi connectivity index (χ2v) is 3.55. The Hall–Kier alpha value is -0.260. The summed E-state index contributed by atoms with van der Waals surface area (Å²) in [7, 11) is 0. The van der Waals surface area contributed by atoms with E-state index in [-0.39, 0.29) is 0 Å². The molecular weight excluding hydrogens is 108 g/mol. The van der Waals surface area contributed by atoms with Gasteiger partial charge in [-0.05, 0) is 31.6 Å². The summed E-state index contributed by atoms with van der Waals surface area (Å²) >= 11 is 0. The zero-order chi connectivity index (χ0) is 6.91. The van der Waals surface area contributed by atoms with E-state index in [1.807, 2.05) is 0 Å². The normalized spacial score (nSPS) is 25.4. The van der Waals surface area contributed by atoms with Crippen LogP contribution in [0.25, 0.3) is 0 Å². The lowest BCUT2D eigenvalue weighted by atomic mass is 9.80. The zero-order valence-electron chi connectivity index (χ0n) is 6.57. The first-order chi connectivity index (χ1) is 4.10. The van der Waals surface area contributed by atoms with E-state index in [4.69, 9.17) is 0 Å². The van der Waals surface area contributed by atoms with Gasteiger partial charge in [-0.15, -0.1) is 0 Å². The van der Waals surface area contributed by atoms with Crippen LogP contribution in [0.5, 0.6) is 0 Å². The Kier molecular flexibility index (Phi) is 1.65. The third-order valence-electron chi connectivity index (χ3n) is 1.83. The molecule has 0 saturated heterocycles. The Morgan fingerprint density at radius 1 is 1.44 bits per heavy atom. The van der Waals surface area contributed by atoms with Crippen molar-refractivity contribution in [1.29, 1.82) is 0 Å². The van der Waals surface area contributed by atoms with Gasteiger partial charge >= 0.3 is 0 Å². The van der Waals surface area contributed by atoms with Crippen LogP contribution in [0.4, 0.5) is 0 Å². The van der Waals surface area contributed by atoms with E-state index in [0.717, 1.165) is 0 Å². The van der Waals surface area contributed by atoms with Crippen molar-refractivity contribution in [1.82, 2.24) is 0 Å². The zero-order valence-corrected chi connectivity index (χ0v) is 6.57. The fourth-order valence-corrected chi connectivity index (χ4v) is 1.44. The number of hydrogen-bond donors (Lipinski definition) is 0. The molecule has 0 amide bonds. The average molecular weight is 123 g/mol. The largest absolute Gasteiger partial charge is 0.0796 e. The van der Waals surface area contributed by atoms with Gasteiger partial charge in [-0.2, -0.15) is 0 Å². The molecule has 1 aliphatic carbocycles.